The second-order valence-corrected chi connectivity index (χ2v) is 6.25. The summed E-state index contributed by atoms with van der Waals surface area (Å²) in [5.41, 5.74) is 4.84. The van der Waals surface area contributed by atoms with Crippen LogP contribution in [0, 0.1) is 19.8 Å². The van der Waals surface area contributed by atoms with E-state index in [1.165, 1.54) is 16.8 Å². The molecule has 0 saturated heterocycles. The number of anilines is 1. The second-order valence-electron chi connectivity index (χ2n) is 6.25. The van der Waals surface area contributed by atoms with Crippen molar-refractivity contribution >= 4 is 5.82 Å². The maximum atomic E-state index is 4.83. The number of benzene rings is 1. The third-order valence-electron chi connectivity index (χ3n) is 3.53. The first-order chi connectivity index (χ1) is 10.0. The third kappa shape index (κ3) is 3.87. The number of hydrogen-bond donors (Lipinski definition) is 1. The van der Waals surface area contributed by atoms with E-state index in [-0.39, 0.29) is 0 Å². The summed E-state index contributed by atoms with van der Waals surface area (Å²) >= 11 is 0. The Balaban J connectivity index is 2.43. The van der Waals surface area contributed by atoms with Gasteiger partial charge >= 0.3 is 0 Å². The maximum absolute atomic E-state index is 4.83. The fraction of sp³-hybridized carbons (Fsp3) is 0.500. The predicted octanol–water partition coefficient (Wildman–Crippen LogP) is 4.51. The Morgan fingerprint density at radius 2 is 1.95 bits per heavy atom. The van der Waals surface area contributed by atoms with Crippen LogP contribution in [0.4, 0.5) is 5.82 Å². The van der Waals surface area contributed by atoms with E-state index in [0.717, 1.165) is 30.9 Å². The van der Waals surface area contributed by atoms with Crippen LogP contribution in [0.2, 0.25) is 0 Å². The zero-order chi connectivity index (χ0) is 15.4. The van der Waals surface area contributed by atoms with Crippen molar-refractivity contribution in [3.05, 3.63) is 41.1 Å². The van der Waals surface area contributed by atoms with Gasteiger partial charge in [-0.25, -0.2) is 4.68 Å². The lowest BCUT2D eigenvalue weighted by molar-refractivity contribution is 0.628. The molecule has 3 heteroatoms. The molecule has 0 aliphatic heterocycles. The molecule has 1 heterocycles. The molecular formula is C18H27N3. The van der Waals surface area contributed by atoms with Gasteiger partial charge in [-0.05, 0) is 49.8 Å². The van der Waals surface area contributed by atoms with Gasteiger partial charge in [-0.15, -0.1) is 0 Å². The van der Waals surface area contributed by atoms with Gasteiger partial charge in [0.1, 0.15) is 5.82 Å². The standard InChI is InChI=1S/C18H27N3/c1-6-9-19-18-12-16(10-13(2)3)20-21(18)17-11-14(4)7-8-15(17)5/h7-8,11-13,19H,6,9-10H2,1-5H3. The van der Waals surface area contributed by atoms with E-state index in [2.05, 4.69) is 68.9 Å². The minimum Gasteiger partial charge on any atom is -0.370 e. The molecule has 0 unspecified atom stereocenters. The van der Waals surface area contributed by atoms with E-state index < -0.39 is 0 Å². The number of hydrogen-bond acceptors (Lipinski definition) is 2. The predicted molar refractivity (Wildman–Crippen MR) is 90.4 cm³/mol. The van der Waals surface area contributed by atoms with E-state index in [4.69, 9.17) is 5.10 Å². The second kappa shape index (κ2) is 6.79. The summed E-state index contributed by atoms with van der Waals surface area (Å²) in [5, 5.41) is 8.33. The lowest BCUT2D eigenvalue weighted by Crippen LogP contribution is -2.08. The van der Waals surface area contributed by atoms with Crippen LogP contribution < -0.4 is 5.32 Å². The normalized spacial score (nSPS) is 11.1. The van der Waals surface area contributed by atoms with Gasteiger partial charge in [0.05, 0.1) is 11.4 Å². The Kier molecular flexibility index (Phi) is 5.05. The fourth-order valence-corrected chi connectivity index (χ4v) is 2.46. The highest BCUT2D eigenvalue weighted by molar-refractivity contribution is 5.51. The SMILES string of the molecule is CCCNc1cc(CC(C)C)nn1-c1cc(C)ccc1C. The Morgan fingerprint density at radius 1 is 1.19 bits per heavy atom. The highest BCUT2D eigenvalue weighted by Crippen LogP contribution is 2.22. The average Bonchev–Trinajstić information content (AvgIpc) is 2.81. The molecule has 0 radical (unpaired) electrons. The molecule has 0 aliphatic rings. The molecule has 1 N–H and O–H groups in total. The number of nitrogens with one attached hydrogen (secondary N) is 1. The van der Waals surface area contributed by atoms with Crippen LogP contribution in [-0.2, 0) is 6.42 Å². The largest absolute Gasteiger partial charge is 0.370 e. The molecule has 114 valence electrons. The smallest absolute Gasteiger partial charge is 0.130 e. The summed E-state index contributed by atoms with van der Waals surface area (Å²) < 4.78 is 2.07. The van der Waals surface area contributed by atoms with Crippen molar-refractivity contribution in [3.63, 3.8) is 0 Å². The molecule has 0 saturated carbocycles. The third-order valence-corrected chi connectivity index (χ3v) is 3.53. The van der Waals surface area contributed by atoms with Gasteiger partial charge in [0.15, 0.2) is 0 Å². The van der Waals surface area contributed by atoms with Crippen molar-refractivity contribution in [2.24, 2.45) is 5.92 Å². The van der Waals surface area contributed by atoms with Crippen molar-refractivity contribution in [2.45, 2.75) is 47.5 Å². The molecule has 0 amide bonds. The highest BCUT2D eigenvalue weighted by Gasteiger charge is 2.12. The molecule has 0 aliphatic carbocycles. The Hall–Kier alpha value is -1.77. The van der Waals surface area contributed by atoms with Crippen molar-refractivity contribution < 1.29 is 0 Å². The Labute approximate surface area is 128 Å². The lowest BCUT2D eigenvalue weighted by atomic mass is 10.1. The van der Waals surface area contributed by atoms with Crippen molar-refractivity contribution in [2.75, 3.05) is 11.9 Å². The van der Waals surface area contributed by atoms with Gasteiger partial charge in [-0.1, -0.05) is 32.9 Å². The number of rotatable bonds is 6. The quantitative estimate of drug-likeness (QED) is 0.846. The van der Waals surface area contributed by atoms with E-state index in [9.17, 15) is 0 Å². The Bertz CT molecular complexity index is 597. The average molecular weight is 285 g/mol. The van der Waals surface area contributed by atoms with Gasteiger partial charge in [0.25, 0.3) is 0 Å². The molecule has 3 nitrogen and oxygen atoms in total. The first-order valence-corrected chi connectivity index (χ1v) is 7.91. The molecule has 0 fully saturated rings. The zero-order valence-corrected chi connectivity index (χ0v) is 13.9. The zero-order valence-electron chi connectivity index (χ0n) is 13.9. The monoisotopic (exact) mass is 285 g/mol. The molecule has 0 spiro atoms. The molecule has 0 atom stereocenters. The van der Waals surface area contributed by atoms with E-state index in [1.807, 2.05) is 0 Å². The summed E-state index contributed by atoms with van der Waals surface area (Å²) in [7, 11) is 0. The van der Waals surface area contributed by atoms with Crippen LogP contribution in [0.3, 0.4) is 0 Å². The van der Waals surface area contributed by atoms with E-state index in [0.29, 0.717) is 5.92 Å². The van der Waals surface area contributed by atoms with Gasteiger partial charge in [-0.3, -0.25) is 0 Å². The molecule has 2 rings (SSSR count). The highest BCUT2D eigenvalue weighted by atomic mass is 15.3. The summed E-state index contributed by atoms with van der Waals surface area (Å²) in [6.45, 7) is 11.9. The summed E-state index contributed by atoms with van der Waals surface area (Å²) in [4.78, 5) is 0. The number of nitrogens with zero attached hydrogens (tertiary/aromatic N) is 2. The van der Waals surface area contributed by atoms with Crippen LogP contribution >= 0.6 is 0 Å². The lowest BCUT2D eigenvalue weighted by Gasteiger charge is -2.12. The van der Waals surface area contributed by atoms with Crippen molar-refractivity contribution in [1.29, 1.82) is 0 Å². The minimum absolute atomic E-state index is 0.617. The fourth-order valence-electron chi connectivity index (χ4n) is 2.46. The van der Waals surface area contributed by atoms with Gasteiger partial charge in [-0.2, -0.15) is 5.10 Å². The molecule has 2 aromatic rings. The van der Waals surface area contributed by atoms with Crippen LogP contribution in [-0.4, -0.2) is 16.3 Å². The summed E-state index contributed by atoms with van der Waals surface area (Å²) in [6.07, 6.45) is 2.12. The number of aromatic nitrogens is 2. The van der Waals surface area contributed by atoms with E-state index >= 15 is 0 Å². The van der Waals surface area contributed by atoms with Crippen LogP contribution in [0.1, 0.15) is 44.0 Å². The van der Waals surface area contributed by atoms with Gasteiger partial charge in [0, 0.05) is 12.6 Å². The molecular weight excluding hydrogens is 258 g/mol. The van der Waals surface area contributed by atoms with E-state index in [1.54, 1.807) is 0 Å². The van der Waals surface area contributed by atoms with Crippen molar-refractivity contribution in [3.8, 4) is 5.69 Å². The first kappa shape index (κ1) is 15.6. The topological polar surface area (TPSA) is 29.9 Å². The van der Waals surface area contributed by atoms with Crippen LogP contribution in [0.5, 0.6) is 0 Å². The van der Waals surface area contributed by atoms with Crippen LogP contribution in [0.25, 0.3) is 5.69 Å². The van der Waals surface area contributed by atoms with Gasteiger partial charge < -0.3 is 5.32 Å². The molecule has 21 heavy (non-hydrogen) atoms. The maximum Gasteiger partial charge on any atom is 0.130 e. The summed E-state index contributed by atoms with van der Waals surface area (Å²) in [5.74, 6) is 1.71. The molecule has 1 aromatic carbocycles. The first-order valence-electron chi connectivity index (χ1n) is 7.91. The Morgan fingerprint density at radius 3 is 2.62 bits per heavy atom. The van der Waals surface area contributed by atoms with Crippen LogP contribution in [0.15, 0.2) is 24.3 Å². The van der Waals surface area contributed by atoms with Crippen molar-refractivity contribution in [1.82, 2.24) is 9.78 Å². The molecule has 0 bridgehead atoms. The summed E-state index contributed by atoms with van der Waals surface area (Å²) in [6, 6.07) is 8.71. The van der Waals surface area contributed by atoms with Gasteiger partial charge in [0.2, 0.25) is 0 Å². The minimum atomic E-state index is 0.617. The molecule has 1 aromatic heterocycles. The number of aryl methyl sites for hydroxylation is 2.